The summed E-state index contributed by atoms with van der Waals surface area (Å²) < 4.78 is 32.7. The molecule has 0 aromatic rings. The van der Waals surface area contributed by atoms with Crippen molar-refractivity contribution >= 4 is 25.5 Å². The predicted molar refractivity (Wildman–Crippen MR) is 240 cm³/mol. The van der Waals surface area contributed by atoms with E-state index in [2.05, 4.69) is 62.5 Å². The highest BCUT2D eigenvalue weighted by atomic mass is 31.2. The van der Waals surface area contributed by atoms with E-state index < -0.39 is 62.6 Å². The van der Waals surface area contributed by atoms with Crippen LogP contribution in [0.15, 0.2) is 60.8 Å². The molecule has 6 N–H and O–H groups in total. The molecular weight excluding hydrogens is 801 g/mol. The third-order valence-electron chi connectivity index (χ3n) is 10.4. The van der Waals surface area contributed by atoms with Gasteiger partial charge in [0.05, 0.1) is 31.5 Å². The number of aliphatic hydroxyl groups excluding tert-OH is 3. The van der Waals surface area contributed by atoms with Crippen LogP contribution in [0, 0.1) is 11.8 Å². The summed E-state index contributed by atoms with van der Waals surface area (Å²) in [5, 5.41) is 31.3. The topological polar surface area (TPSA) is 212 Å². The molecule has 0 radical (unpaired) electrons. The Morgan fingerprint density at radius 3 is 1.93 bits per heavy atom. The monoisotopic (exact) mass is 882 g/mol. The lowest BCUT2D eigenvalue weighted by atomic mass is 9.87. The van der Waals surface area contributed by atoms with Gasteiger partial charge in [-0.3, -0.25) is 23.4 Å². The number of carbonyl (C=O) groups is 3. The highest BCUT2D eigenvalue weighted by Crippen LogP contribution is 2.43. The van der Waals surface area contributed by atoms with Crippen LogP contribution in [0.4, 0.5) is 0 Å². The van der Waals surface area contributed by atoms with Crippen LogP contribution in [0.3, 0.4) is 0 Å². The molecule has 0 spiro atoms. The lowest BCUT2D eigenvalue weighted by molar-refractivity contribution is -0.161. The van der Waals surface area contributed by atoms with Crippen molar-refractivity contribution in [3.05, 3.63) is 60.8 Å². The Morgan fingerprint density at radius 2 is 1.30 bits per heavy atom. The third-order valence-corrected chi connectivity index (χ3v) is 11.3. The first-order chi connectivity index (χ1) is 29.4. The van der Waals surface area contributed by atoms with E-state index in [4.69, 9.17) is 24.3 Å². The summed E-state index contributed by atoms with van der Waals surface area (Å²) in [4.78, 5) is 48.0. The summed E-state index contributed by atoms with van der Waals surface area (Å²) in [5.74, 6) is -2.19. The highest BCUT2D eigenvalue weighted by Gasteiger charge is 2.41. The van der Waals surface area contributed by atoms with Crippen molar-refractivity contribution in [1.82, 2.24) is 0 Å². The molecular formula is C47H80NO12P. The minimum absolute atomic E-state index is 0.0137. The van der Waals surface area contributed by atoms with Crippen LogP contribution in [0.2, 0.25) is 0 Å². The summed E-state index contributed by atoms with van der Waals surface area (Å²) in [6, 6.07) is 0. The number of Topliss-reactive ketones (excluding diaryl/α,β-unsaturated/α-hetero) is 1. The van der Waals surface area contributed by atoms with Crippen LogP contribution < -0.4 is 5.73 Å². The molecule has 0 heterocycles. The van der Waals surface area contributed by atoms with Gasteiger partial charge < -0.3 is 35.4 Å². The molecule has 61 heavy (non-hydrogen) atoms. The zero-order valence-corrected chi connectivity index (χ0v) is 38.1. The Kier molecular flexibility index (Phi) is 33.9. The van der Waals surface area contributed by atoms with E-state index in [1.807, 2.05) is 0 Å². The van der Waals surface area contributed by atoms with Crippen LogP contribution >= 0.6 is 7.82 Å². The van der Waals surface area contributed by atoms with E-state index in [1.54, 1.807) is 12.2 Å². The molecule has 0 bridgehead atoms. The molecule has 0 aromatic heterocycles. The zero-order valence-electron chi connectivity index (χ0n) is 37.2. The smallest absolute Gasteiger partial charge is 0.462 e. The van der Waals surface area contributed by atoms with Gasteiger partial charge in [0.15, 0.2) is 6.10 Å². The van der Waals surface area contributed by atoms with Gasteiger partial charge in [0.2, 0.25) is 0 Å². The minimum Gasteiger partial charge on any atom is -0.462 e. The first-order valence-corrected chi connectivity index (χ1v) is 24.4. The second kappa shape index (κ2) is 36.7. The number of phosphoric ester groups is 1. The number of ether oxygens (including phenoxy) is 2. The largest absolute Gasteiger partial charge is 0.472 e. The zero-order chi connectivity index (χ0) is 45.0. The van der Waals surface area contributed by atoms with Gasteiger partial charge in [-0.25, -0.2) is 4.57 Å². The Labute approximate surface area is 366 Å². The Morgan fingerprint density at radius 1 is 0.721 bits per heavy atom. The van der Waals surface area contributed by atoms with Crippen molar-refractivity contribution in [3.63, 3.8) is 0 Å². The summed E-state index contributed by atoms with van der Waals surface area (Å²) in [6.07, 6.45) is 33.1. The standard InChI is InChI=1S/C47H80NO12P/c1-3-5-7-8-9-10-11-12-13-14-15-16-17-18-19-20-21-22-24-29-46(53)57-37-41(38-59-61(55,56)58-34-33-48)60-47(54)30-26-25-28-40(50)35-43-42(44(51)36-45(43)52)32-31-39(49)27-23-6-4-2/h9-10,12-13,15-16,18-19,31-32,39,41-45,49,51-52H,3-8,11,14,17,20-30,33-38,48H2,1-2H3,(H,55,56)/b10-9-,13-12-,16-15-,19-18-,32-31+/t39-,41+,42+,43+,44+,45-/m0/s1. The average Bonchev–Trinajstić information content (AvgIpc) is 3.49. The van der Waals surface area contributed by atoms with Crippen molar-refractivity contribution in [2.45, 2.75) is 180 Å². The normalized spacial score (nSPS) is 20.4. The maximum Gasteiger partial charge on any atom is 0.472 e. The van der Waals surface area contributed by atoms with Gasteiger partial charge in [0.1, 0.15) is 12.4 Å². The molecule has 1 unspecified atom stereocenters. The quantitative estimate of drug-likeness (QED) is 0.0170. The molecule has 0 aromatic carbocycles. The summed E-state index contributed by atoms with van der Waals surface area (Å²) >= 11 is 0. The van der Waals surface area contributed by atoms with Gasteiger partial charge in [0.25, 0.3) is 0 Å². The maximum absolute atomic E-state index is 12.9. The van der Waals surface area contributed by atoms with E-state index >= 15 is 0 Å². The van der Waals surface area contributed by atoms with Crippen LogP contribution in [-0.4, -0.2) is 88.7 Å². The van der Waals surface area contributed by atoms with Crippen molar-refractivity contribution in [2.24, 2.45) is 17.6 Å². The number of aliphatic hydroxyl groups is 3. The van der Waals surface area contributed by atoms with Gasteiger partial charge in [-0.05, 0) is 70.6 Å². The lowest BCUT2D eigenvalue weighted by Crippen LogP contribution is -2.29. The molecule has 1 fully saturated rings. The third kappa shape index (κ3) is 30.9. The first kappa shape index (κ1) is 56.3. The number of nitrogens with two attached hydrogens (primary N) is 1. The van der Waals surface area contributed by atoms with E-state index in [0.29, 0.717) is 25.7 Å². The number of esters is 2. The van der Waals surface area contributed by atoms with Crippen LogP contribution in [-0.2, 0) is 37.5 Å². The molecule has 0 saturated heterocycles. The van der Waals surface area contributed by atoms with Gasteiger partial charge in [-0.1, -0.05) is 113 Å². The Balaban J connectivity index is 2.43. The second-order valence-corrected chi connectivity index (χ2v) is 17.3. The Hall–Kier alpha value is -2.74. The highest BCUT2D eigenvalue weighted by molar-refractivity contribution is 7.47. The minimum atomic E-state index is -4.50. The second-order valence-electron chi connectivity index (χ2n) is 15.9. The summed E-state index contributed by atoms with van der Waals surface area (Å²) in [6.45, 7) is 3.11. The SMILES string of the molecule is CCCCC/C=C\C/C=C\C/C=C\C/C=C\CCCCCC(=O)OC[C@H](COP(=O)(O)OCCN)OC(=O)CCCCC(=O)C[C@@H]1[C@@H](/C=C/[C@@H](O)CCCCC)[C@H](O)C[C@@H]1O. The fourth-order valence-corrected chi connectivity index (χ4v) is 7.61. The molecule has 1 aliphatic rings. The molecule has 1 aliphatic carbocycles. The predicted octanol–water partition coefficient (Wildman–Crippen LogP) is 8.83. The van der Waals surface area contributed by atoms with E-state index in [9.17, 15) is 39.2 Å². The number of hydrogen-bond acceptors (Lipinski definition) is 12. The van der Waals surface area contributed by atoms with Gasteiger partial charge in [-0.2, -0.15) is 0 Å². The number of allylic oxidation sites excluding steroid dienone is 8. The number of hydrogen-bond donors (Lipinski definition) is 5. The molecule has 14 heteroatoms. The Bertz CT molecular complexity index is 1360. The van der Waals surface area contributed by atoms with Crippen LogP contribution in [0.1, 0.15) is 155 Å². The van der Waals surface area contributed by atoms with E-state index in [0.717, 1.165) is 64.2 Å². The van der Waals surface area contributed by atoms with Crippen molar-refractivity contribution in [1.29, 1.82) is 0 Å². The number of ketones is 1. The maximum atomic E-state index is 12.9. The summed E-state index contributed by atoms with van der Waals surface area (Å²) in [5.41, 5.74) is 5.34. The lowest BCUT2D eigenvalue weighted by Gasteiger charge is -2.20. The first-order valence-electron chi connectivity index (χ1n) is 22.9. The van der Waals surface area contributed by atoms with E-state index in [1.165, 1.54) is 19.3 Å². The van der Waals surface area contributed by atoms with E-state index in [-0.39, 0.29) is 57.6 Å². The number of phosphoric acid groups is 1. The number of rotatable bonds is 38. The molecule has 350 valence electrons. The average molecular weight is 882 g/mol. The van der Waals surface area contributed by atoms with Gasteiger partial charge in [-0.15, -0.1) is 0 Å². The van der Waals surface area contributed by atoms with Crippen molar-refractivity contribution in [2.75, 3.05) is 26.4 Å². The molecule has 1 rings (SSSR count). The molecule has 0 aliphatic heterocycles. The molecule has 7 atom stereocenters. The van der Waals surface area contributed by atoms with Gasteiger partial charge in [0, 0.05) is 50.5 Å². The molecule has 13 nitrogen and oxygen atoms in total. The fraction of sp³-hybridized carbons (Fsp3) is 0.723. The van der Waals surface area contributed by atoms with Crippen molar-refractivity contribution < 1.29 is 57.7 Å². The fourth-order valence-electron chi connectivity index (χ4n) is 6.85. The van der Waals surface area contributed by atoms with Gasteiger partial charge >= 0.3 is 19.8 Å². The van der Waals surface area contributed by atoms with Crippen molar-refractivity contribution in [3.8, 4) is 0 Å². The number of unbranched alkanes of at least 4 members (excludes halogenated alkanes) is 9. The molecule has 1 saturated carbocycles. The molecule has 0 amide bonds. The van der Waals surface area contributed by atoms with Crippen LogP contribution in [0.5, 0.6) is 0 Å². The summed E-state index contributed by atoms with van der Waals surface area (Å²) in [7, 11) is -4.50. The number of carbonyl (C=O) groups excluding carboxylic acids is 3. The van der Waals surface area contributed by atoms with Crippen LogP contribution in [0.25, 0.3) is 0 Å².